The number of hydrogen-bond acceptors (Lipinski definition) is 4. The molecule has 0 aliphatic heterocycles. The van der Waals surface area contributed by atoms with Crippen molar-refractivity contribution < 1.29 is 4.74 Å². The Hall–Kier alpha value is -1.73. The van der Waals surface area contributed by atoms with Gasteiger partial charge >= 0.3 is 0 Å². The smallest absolute Gasteiger partial charge is 0.121 e. The minimum absolute atomic E-state index is 0.618. The molecule has 1 rings (SSSR count). The fraction of sp³-hybridized carbons (Fsp3) is 0.364. The lowest BCUT2D eigenvalue weighted by Crippen LogP contribution is -2.09. The van der Waals surface area contributed by atoms with E-state index in [0.717, 1.165) is 24.4 Å². The lowest BCUT2D eigenvalue weighted by Gasteiger charge is -2.09. The minimum atomic E-state index is 0.618. The number of ether oxygens (including phenoxy) is 1. The molecule has 0 radical (unpaired) electrons. The number of nitrogens with two attached hydrogens (primary N) is 1. The van der Waals surface area contributed by atoms with E-state index < -0.39 is 0 Å². The summed E-state index contributed by atoms with van der Waals surface area (Å²) in [5.41, 5.74) is 6.80. The Morgan fingerprint density at radius 2 is 2.33 bits per heavy atom. The summed E-state index contributed by atoms with van der Waals surface area (Å²) in [6.07, 6.45) is 0.877. The van der Waals surface area contributed by atoms with Crippen LogP contribution < -0.4 is 15.8 Å². The van der Waals surface area contributed by atoms with Gasteiger partial charge in [-0.1, -0.05) is 0 Å². The summed E-state index contributed by atoms with van der Waals surface area (Å²) in [7, 11) is 1.60. The van der Waals surface area contributed by atoms with E-state index in [9.17, 15) is 0 Å². The fourth-order valence-corrected chi connectivity index (χ4v) is 1.22. The Balaban J connectivity index is 2.78. The van der Waals surface area contributed by atoms with Gasteiger partial charge in [0, 0.05) is 12.6 Å². The molecule has 15 heavy (non-hydrogen) atoms. The van der Waals surface area contributed by atoms with Crippen LogP contribution in [0.15, 0.2) is 18.2 Å². The highest BCUT2D eigenvalue weighted by atomic mass is 16.5. The van der Waals surface area contributed by atoms with E-state index in [1.807, 2.05) is 6.07 Å². The van der Waals surface area contributed by atoms with Crippen molar-refractivity contribution in [2.75, 3.05) is 25.5 Å². The van der Waals surface area contributed by atoms with Gasteiger partial charge in [-0.25, -0.2) is 0 Å². The first-order valence-corrected chi connectivity index (χ1v) is 4.84. The van der Waals surface area contributed by atoms with Crippen LogP contribution in [0.1, 0.15) is 12.0 Å². The molecule has 0 aliphatic rings. The summed E-state index contributed by atoms with van der Waals surface area (Å²) in [4.78, 5) is 0. The summed E-state index contributed by atoms with van der Waals surface area (Å²) in [6, 6.07) is 7.45. The number of nitrogens with one attached hydrogen (secondary N) is 1. The standard InChI is InChI=1S/C11H15N3O/c1-15-10-4-3-9(8-13)11(7-10)14-6-2-5-12/h3-4,7,14H,2,5-6,12H2,1H3. The van der Waals surface area contributed by atoms with Crippen LogP contribution in [-0.4, -0.2) is 20.2 Å². The number of rotatable bonds is 5. The van der Waals surface area contributed by atoms with E-state index in [2.05, 4.69) is 11.4 Å². The van der Waals surface area contributed by atoms with Gasteiger partial charge < -0.3 is 15.8 Å². The molecule has 1 aromatic rings. The Labute approximate surface area is 89.7 Å². The van der Waals surface area contributed by atoms with E-state index >= 15 is 0 Å². The van der Waals surface area contributed by atoms with Crippen molar-refractivity contribution in [3.63, 3.8) is 0 Å². The van der Waals surface area contributed by atoms with Crippen LogP contribution in [0, 0.1) is 11.3 Å². The van der Waals surface area contributed by atoms with Gasteiger partial charge in [-0.3, -0.25) is 0 Å². The summed E-state index contributed by atoms with van der Waals surface area (Å²) >= 11 is 0. The maximum Gasteiger partial charge on any atom is 0.121 e. The molecule has 1 aromatic carbocycles. The lowest BCUT2D eigenvalue weighted by molar-refractivity contribution is 0.415. The predicted molar refractivity (Wildman–Crippen MR) is 59.9 cm³/mol. The third kappa shape index (κ3) is 3.15. The molecule has 0 unspecified atom stereocenters. The van der Waals surface area contributed by atoms with Gasteiger partial charge in [0.2, 0.25) is 0 Å². The molecule has 0 fully saturated rings. The third-order valence-electron chi connectivity index (χ3n) is 2.04. The molecule has 0 amide bonds. The summed E-state index contributed by atoms with van der Waals surface area (Å²) in [6.45, 7) is 1.40. The maximum atomic E-state index is 8.88. The molecule has 0 heterocycles. The molecule has 4 heteroatoms. The van der Waals surface area contributed by atoms with E-state index in [0.29, 0.717) is 12.1 Å². The van der Waals surface area contributed by atoms with Crippen molar-refractivity contribution >= 4 is 5.69 Å². The molecule has 0 bridgehead atoms. The van der Waals surface area contributed by atoms with E-state index in [4.69, 9.17) is 15.7 Å². The van der Waals surface area contributed by atoms with Gasteiger partial charge in [0.1, 0.15) is 11.8 Å². The second-order valence-electron chi connectivity index (χ2n) is 3.09. The van der Waals surface area contributed by atoms with Crippen molar-refractivity contribution in [3.05, 3.63) is 23.8 Å². The molecule has 0 saturated heterocycles. The van der Waals surface area contributed by atoms with Crippen molar-refractivity contribution in [2.24, 2.45) is 5.73 Å². The van der Waals surface area contributed by atoms with E-state index in [-0.39, 0.29) is 0 Å². The van der Waals surface area contributed by atoms with Crippen LogP contribution >= 0.6 is 0 Å². The zero-order valence-corrected chi connectivity index (χ0v) is 8.79. The van der Waals surface area contributed by atoms with Gasteiger partial charge in [0.15, 0.2) is 0 Å². The second kappa shape index (κ2) is 5.89. The Morgan fingerprint density at radius 1 is 1.53 bits per heavy atom. The summed E-state index contributed by atoms with van der Waals surface area (Å²) in [5.74, 6) is 0.740. The average molecular weight is 205 g/mol. The van der Waals surface area contributed by atoms with Crippen molar-refractivity contribution in [2.45, 2.75) is 6.42 Å². The first-order valence-electron chi connectivity index (χ1n) is 4.84. The van der Waals surface area contributed by atoms with E-state index in [1.165, 1.54) is 0 Å². The number of hydrogen-bond donors (Lipinski definition) is 2. The number of anilines is 1. The van der Waals surface area contributed by atoms with Crippen molar-refractivity contribution in [1.29, 1.82) is 5.26 Å². The largest absolute Gasteiger partial charge is 0.497 e. The molecular weight excluding hydrogens is 190 g/mol. The van der Waals surface area contributed by atoms with Crippen LogP contribution in [0.25, 0.3) is 0 Å². The number of benzene rings is 1. The first kappa shape index (κ1) is 11.3. The summed E-state index contributed by atoms with van der Waals surface area (Å²) in [5, 5.41) is 12.0. The molecule has 0 atom stereocenters. The molecule has 80 valence electrons. The zero-order valence-electron chi connectivity index (χ0n) is 8.79. The Kier molecular flexibility index (Phi) is 4.45. The monoisotopic (exact) mass is 205 g/mol. The topological polar surface area (TPSA) is 71.1 Å². The second-order valence-corrected chi connectivity index (χ2v) is 3.09. The van der Waals surface area contributed by atoms with Gasteiger partial charge in [-0.15, -0.1) is 0 Å². The molecule has 0 spiro atoms. The zero-order chi connectivity index (χ0) is 11.1. The third-order valence-corrected chi connectivity index (χ3v) is 2.04. The molecular formula is C11H15N3O. The Bertz CT molecular complexity index is 357. The van der Waals surface area contributed by atoms with Crippen molar-refractivity contribution in [3.8, 4) is 11.8 Å². The molecule has 4 nitrogen and oxygen atoms in total. The highest BCUT2D eigenvalue weighted by Gasteiger charge is 2.02. The fourth-order valence-electron chi connectivity index (χ4n) is 1.22. The number of nitriles is 1. The van der Waals surface area contributed by atoms with Crippen LogP contribution in [0.5, 0.6) is 5.75 Å². The lowest BCUT2D eigenvalue weighted by atomic mass is 10.2. The molecule has 0 aliphatic carbocycles. The molecule has 0 aromatic heterocycles. The van der Waals surface area contributed by atoms with Crippen LogP contribution in [0.3, 0.4) is 0 Å². The highest BCUT2D eigenvalue weighted by molar-refractivity contribution is 5.60. The molecule has 0 saturated carbocycles. The Morgan fingerprint density at radius 3 is 2.93 bits per heavy atom. The van der Waals surface area contributed by atoms with Crippen LogP contribution in [0.4, 0.5) is 5.69 Å². The number of nitrogens with zero attached hydrogens (tertiary/aromatic N) is 1. The predicted octanol–water partition coefficient (Wildman–Crippen LogP) is 1.33. The van der Waals surface area contributed by atoms with Crippen LogP contribution in [-0.2, 0) is 0 Å². The minimum Gasteiger partial charge on any atom is -0.497 e. The van der Waals surface area contributed by atoms with Crippen molar-refractivity contribution in [1.82, 2.24) is 0 Å². The summed E-state index contributed by atoms with van der Waals surface area (Å²) < 4.78 is 5.09. The van der Waals surface area contributed by atoms with Crippen LogP contribution in [0.2, 0.25) is 0 Å². The highest BCUT2D eigenvalue weighted by Crippen LogP contribution is 2.21. The normalized spacial score (nSPS) is 9.40. The van der Waals surface area contributed by atoms with Gasteiger partial charge in [0.05, 0.1) is 18.4 Å². The first-order chi connectivity index (χ1) is 7.31. The average Bonchev–Trinajstić information content (AvgIpc) is 2.29. The quantitative estimate of drug-likeness (QED) is 0.711. The maximum absolute atomic E-state index is 8.88. The molecule has 3 N–H and O–H groups in total. The van der Waals surface area contributed by atoms with Gasteiger partial charge in [-0.2, -0.15) is 5.26 Å². The number of methoxy groups -OCH3 is 1. The SMILES string of the molecule is COc1ccc(C#N)c(NCCCN)c1. The van der Waals surface area contributed by atoms with Gasteiger partial charge in [-0.05, 0) is 25.1 Å². The van der Waals surface area contributed by atoms with E-state index in [1.54, 1.807) is 19.2 Å². The van der Waals surface area contributed by atoms with Gasteiger partial charge in [0.25, 0.3) is 0 Å².